The highest BCUT2D eigenvalue weighted by molar-refractivity contribution is 9.10. The Labute approximate surface area is 132 Å². The Morgan fingerprint density at radius 3 is 2.65 bits per heavy atom. The molecule has 0 aromatic heterocycles. The Balaban J connectivity index is 2.13. The van der Waals surface area contributed by atoms with Crippen molar-refractivity contribution in [3.8, 4) is 0 Å². The molecular weight excluding hydrogens is 341 g/mol. The average Bonchev–Trinajstić information content (AvgIpc) is 2.41. The molecular formula is C16H16BrClFN. The zero-order valence-electron chi connectivity index (χ0n) is 11.4. The normalized spacial score (nSPS) is 12.7. The summed E-state index contributed by atoms with van der Waals surface area (Å²) < 4.78 is 13.9. The summed E-state index contributed by atoms with van der Waals surface area (Å²) in [7, 11) is 2.04. The lowest BCUT2D eigenvalue weighted by atomic mass is 10.1. The molecule has 106 valence electrons. The molecule has 0 aliphatic carbocycles. The van der Waals surface area contributed by atoms with E-state index in [0.29, 0.717) is 0 Å². The maximum absolute atomic E-state index is 13.1. The Kier molecular flexibility index (Phi) is 5.19. The first kappa shape index (κ1) is 15.5. The van der Waals surface area contributed by atoms with Gasteiger partial charge in [-0.25, -0.2) is 4.39 Å². The number of hydrogen-bond donors (Lipinski definition) is 0. The minimum atomic E-state index is -0.230. The van der Waals surface area contributed by atoms with Gasteiger partial charge in [-0.3, -0.25) is 4.90 Å². The van der Waals surface area contributed by atoms with Gasteiger partial charge in [-0.15, -0.1) is 0 Å². The van der Waals surface area contributed by atoms with Crippen LogP contribution in [-0.2, 0) is 6.54 Å². The van der Waals surface area contributed by atoms with Gasteiger partial charge in [0, 0.05) is 22.1 Å². The van der Waals surface area contributed by atoms with Crippen LogP contribution < -0.4 is 0 Å². The number of nitrogens with zero attached hydrogens (tertiary/aromatic N) is 1. The summed E-state index contributed by atoms with van der Waals surface area (Å²) in [4.78, 5) is 2.20. The fourth-order valence-corrected chi connectivity index (χ4v) is 2.75. The van der Waals surface area contributed by atoms with Gasteiger partial charge < -0.3 is 0 Å². The second kappa shape index (κ2) is 6.70. The van der Waals surface area contributed by atoms with E-state index in [1.807, 2.05) is 25.2 Å². The maximum atomic E-state index is 13.1. The van der Waals surface area contributed by atoms with Crippen molar-refractivity contribution >= 4 is 27.5 Å². The van der Waals surface area contributed by atoms with E-state index < -0.39 is 0 Å². The molecule has 4 heteroatoms. The van der Waals surface area contributed by atoms with Crippen molar-refractivity contribution in [1.29, 1.82) is 0 Å². The van der Waals surface area contributed by atoms with E-state index in [1.54, 1.807) is 6.07 Å². The van der Waals surface area contributed by atoms with Crippen molar-refractivity contribution in [1.82, 2.24) is 4.90 Å². The Hall–Kier alpha value is -0.900. The van der Waals surface area contributed by atoms with E-state index in [2.05, 4.69) is 33.8 Å². The maximum Gasteiger partial charge on any atom is 0.124 e. The molecule has 1 nitrogen and oxygen atoms in total. The molecule has 0 aliphatic rings. The lowest BCUT2D eigenvalue weighted by molar-refractivity contribution is 0.252. The molecule has 0 amide bonds. The van der Waals surface area contributed by atoms with Gasteiger partial charge in [0.1, 0.15) is 5.82 Å². The highest BCUT2D eigenvalue weighted by Gasteiger charge is 2.13. The number of hydrogen-bond acceptors (Lipinski definition) is 1. The van der Waals surface area contributed by atoms with Crippen molar-refractivity contribution < 1.29 is 4.39 Å². The van der Waals surface area contributed by atoms with Crippen LogP contribution in [0.1, 0.15) is 24.1 Å². The van der Waals surface area contributed by atoms with Crippen LogP contribution in [0.15, 0.2) is 46.9 Å². The van der Waals surface area contributed by atoms with Crippen LogP contribution in [0.3, 0.4) is 0 Å². The van der Waals surface area contributed by atoms with Crippen LogP contribution in [0.25, 0.3) is 0 Å². The first-order valence-electron chi connectivity index (χ1n) is 6.37. The zero-order valence-corrected chi connectivity index (χ0v) is 13.7. The van der Waals surface area contributed by atoms with E-state index in [1.165, 1.54) is 17.7 Å². The van der Waals surface area contributed by atoms with E-state index in [9.17, 15) is 4.39 Å². The summed E-state index contributed by atoms with van der Waals surface area (Å²) in [6.45, 7) is 2.86. The van der Waals surface area contributed by atoms with Gasteiger partial charge in [-0.05, 0) is 49.4 Å². The van der Waals surface area contributed by atoms with Gasteiger partial charge in [0.05, 0.1) is 0 Å². The molecule has 0 bridgehead atoms. The molecule has 0 saturated heterocycles. The average molecular weight is 357 g/mol. The largest absolute Gasteiger partial charge is 0.295 e. The van der Waals surface area contributed by atoms with Gasteiger partial charge in [-0.2, -0.15) is 0 Å². The number of benzene rings is 2. The summed E-state index contributed by atoms with van der Waals surface area (Å²) >= 11 is 9.43. The van der Waals surface area contributed by atoms with Gasteiger partial charge >= 0.3 is 0 Å². The first-order chi connectivity index (χ1) is 9.47. The third-order valence-corrected chi connectivity index (χ3v) is 4.40. The predicted octanol–water partition coefficient (Wildman–Crippen LogP) is 5.43. The topological polar surface area (TPSA) is 3.24 Å². The fourth-order valence-electron chi connectivity index (χ4n) is 2.08. The molecule has 2 aromatic carbocycles. The third-order valence-electron chi connectivity index (χ3n) is 3.43. The van der Waals surface area contributed by atoms with Crippen molar-refractivity contribution in [2.45, 2.75) is 19.5 Å². The predicted molar refractivity (Wildman–Crippen MR) is 85.4 cm³/mol. The van der Waals surface area contributed by atoms with Gasteiger partial charge in [0.2, 0.25) is 0 Å². The lowest BCUT2D eigenvalue weighted by Gasteiger charge is -2.25. The molecule has 20 heavy (non-hydrogen) atoms. The van der Waals surface area contributed by atoms with Crippen molar-refractivity contribution in [3.63, 3.8) is 0 Å². The molecule has 1 unspecified atom stereocenters. The van der Waals surface area contributed by atoms with E-state index in [4.69, 9.17) is 11.6 Å². The van der Waals surface area contributed by atoms with Gasteiger partial charge in [0.25, 0.3) is 0 Å². The molecule has 0 radical (unpaired) electrons. The van der Waals surface area contributed by atoms with Crippen LogP contribution in [0.5, 0.6) is 0 Å². The van der Waals surface area contributed by atoms with E-state index in [-0.39, 0.29) is 11.9 Å². The molecule has 0 aliphatic heterocycles. The molecule has 0 N–H and O–H groups in total. The Morgan fingerprint density at radius 2 is 2.00 bits per heavy atom. The van der Waals surface area contributed by atoms with E-state index in [0.717, 1.165) is 21.6 Å². The highest BCUT2D eigenvalue weighted by atomic mass is 79.9. The van der Waals surface area contributed by atoms with Crippen LogP contribution in [0.2, 0.25) is 5.02 Å². The minimum Gasteiger partial charge on any atom is -0.295 e. The summed E-state index contributed by atoms with van der Waals surface area (Å²) in [5.41, 5.74) is 2.22. The molecule has 0 fully saturated rings. The molecule has 0 saturated carbocycles. The Morgan fingerprint density at radius 1 is 1.25 bits per heavy atom. The first-order valence-corrected chi connectivity index (χ1v) is 7.54. The van der Waals surface area contributed by atoms with Crippen LogP contribution >= 0.6 is 27.5 Å². The smallest absolute Gasteiger partial charge is 0.124 e. The van der Waals surface area contributed by atoms with Crippen molar-refractivity contribution in [3.05, 3.63) is 68.9 Å². The van der Waals surface area contributed by atoms with Crippen LogP contribution in [-0.4, -0.2) is 11.9 Å². The molecule has 1 atom stereocenters. The highest BCUT2D eigenvalue weighted by Crippen LogP contribution is 2.25. The second-order valence-corrected chi connectivity index (χ2v) is 6.17. The van der Waals surface area contributed by atoms with Crippen molar-refractivity contribution in [2.24, 2.45) is 0 Å². The molecule has 2 aromatic rings. The quantitative estimate of drug-likeness (QED) is 0.705. The number of rotatable bonds is 4. The van der Waals surface area contributed by atoms with Crippen molar-refractivity contribution in [2.75, 3.05) is 7.05 Å². The summed E-state index contributed by atoms with van der Waals surface area (Å²) in [5, 5.41) is 0.741. The summed E-state index contributed by atoms with van der Waals surface area (Å²) in [5.74, 6) is -0.230. The van der Waals surface area contributed by atoms with Gasteiger partial charge in [0.15, 0.2) is 0 Å². The second-order valence-electron chi connectivity index (χ2n) is 4.88. The fraction of sp³-hybridized carbons (Fsp3) is 0.250. The molecule has 0 heterocycles. The summed E-state index contributed by atoms with van der Waals surface area (Å²) in [6, 6.07) is 12.9. The van der Waals surface area contributed by atoms with Gasteiger partial charge in [-0.1, -0.05) is 45.7 Å². The monoisotopic (exact) mass is 355 g/mol. The van der Waals surface area contributed by atoms with Crippen LogP contribution in [0.4, 0.5) is 4.39 Å². The SMILES string of the molecule is CC(c1cccc(Cl)c1)N(C)Cc1ccc(F)cc1Br. The zero-order chi connectivity index (χ0) is 14.7. The number of halogens is 3. The third kappa shape index (κ3) is 3.81. The Bertz CT molecular complexity index is 603. The lowest BCUT2D eigenvalue weighted by Crippen LogP contribution is -2.22. The standard InChI is InChI=1S/C16H16BrClFN/c1-11(12-4-3-5-14(18)8-12)20(2)10-13-6-7-15(19)9-16(13)17/h3-9,11H,10H2,1-2H3. The van der Waals surface area contributed by atoms with E-state index >= 15 is 0 Å². The van der Waals surface area contributed by atoms with Crippen LogP contribution in [0, 0.1) is 5.82 Å². The molecule has 2 rings (SSSR count). The summed E-state index contributed by atoms with van der Waals surface area (Å²) in [6.07, 6.45) is 0. The minimum absolute atomic E-state index is 0.227. The molecule has 0 spiro atoms.